The predicted molar refractivity (Wildman–Crippen MR) is 70.9 cm³/mol. The summed E-state index contributed by atoms with van der Waals surface area (Å²) >= 11 is 5.65. The number of rotatable bonds is 3. The molecule has 0 unspecified atom stereocenters. The minimum Gasteiger partial charge on any atom is -0.444 e. The number of ketones is 1. The molecule has 0 aromatic rings. The number of ether oxygens (including phenoxy) is 1. The molecule has 4 nitrogen and oxygen atoms in total. The molecule has 1 N–H and O–H groups in total. The fourth-order valence-electron chi connectivity index (χ4n) is 2.26. The lowest BCUT2D eigenvalue weighted by atomic mass is 9.79. The van der Waals surface area contributed by atoms with Gasteiger partial charge in [-0.3, -0.25) is 4.79 Å². The van der Waals surface area contributed by atoms with Gasteiger partial charge in [0.05, 0.1) is 5.88 Å². The van der Waals surface area contributed by atoms with Crippen LogP contribution in [0.4, 0.5) is 4.79 Å². The molecule has 1 saturated carbocycles. The maximum absolute atomic E-state index is 12.0. The van der Waals surface area contributed by atoms with Crippen LogP contribution in [0.15, 0.2) is 0 Å². The lowest BCUT2D eigenvalue weighted by Crippen LogP contribution is -2.57. The van der Waals surface area contributed by atoms with Crippen LogP contribution in [0.2, 0.25) is 0 Å². The first-order chi connectivity index (χ1) is 8.29. The molecule has 1 amide bonds. The van der Waals surface area contributed by atoms with Crippen LogP contribution in [0.3, 0.4) is 0 Å². The molecule has 1 aliphatic carbocycles. The number of carbonyl (C=O) groups excluding carboxylic acids is 2. The van der Waals surface area contributed by atoms with Gasteiger partial charge in [-0.25, -0.2) is 4.79 Å². The van der Waals surface area contributed by atoms with Gasteiger partial charge in [-0.05, 0) is 33.6 Å². The van der Waals surface area contributed by atoms with Gasteiger partial charge in [-0.1, -0.05) is 19.3 Å². The molecule has 0 saturated heterocycles. The smallest absolute Gasteiger partial charge is 0.408 e. The van der Waals surface area contributed by atoms with Crippen molar-refractivity contribution in [2.45, 2.75) is 64.0 Å². The molecule has 18 heavy (non-hydrogen) atoms. The Bertz CT molecular complexity index is 317. The van der Waals surface area contributed by atoms with Gasteiger partial charge < -0.3 is 10.1 Å². The highest BCUT2D eigenvalue weighted by molar-refractivity contribution is 6.29. The zero-order valence-corrected chi connectivity index (χ0v) is 12.1. The number of hydrogen-bond acceptors (Lipinski definition) is 3. The molecule has 104 valence electrons. The summed E-state index contributed by atoms with van der Waals surface area (Å²) in [6.45, 7) is 5.39. The standard InChI is InChI=1S/C13H22ClNO3/c1-12(2,3)18-11(17)15-13(10(16)9-14)7-5-4-6-8-13/h4-9H2,1-3H3,(H,15,17). The number of nitrogens with one attached hydrogen (secondary N) is 1. The lowest BCUT2D eigenvalue weighted by Gasteiger charge is -2.36. The maximum Gasteiger partial charge on any atom is 0.408 e. The topological polar surface area (TPSA) is 55.4 Å². The van der Waals surface area contributed by atoms with E-state index in [0.717, 1.165) is 19.3 Å². The van der Waals surface area contributed by atoms with Gasteiger partial charge in [0.15, 0.2) is 5.78 Å². The zero-order chi connectivity index (χ0) is 13.8. The van der Waals surface area contributed by atoms with Gasteiger partial charge >= 0.3 is 6.09 Å². The van der Waals surface area contributed by atoms with Crippen molar-refractivity contribution in [3.8, 4) is 0 Å². The quantitative estimate of drug-likeness (QED) is 0.806. The zero-order valence-electron chi connectivity index (χ0n) is 11.3. The molecule has 0 heterocycles. The molecule has 1 aliphatic rings. The molecule has 1 rings (SSSR count). The Morgan fingerprint density at radius 1 is 1.22 bits per heavy atom. The van der Waals surface area contributed by atoms with Gasteiger partial charge in [-0.15, -0.1) is 11.6 Å². The van der Waals surface area contributed by atoms with Crippen LogP contribution in [0.25, 0.3) is 0 Å². The van der Waals surface area contributed by atoms with Crippen molar-refractivity contribution in [2.75, 3.05) is 5.88 Å². The van der Waals surface area contributed by atoms with Gasteiger partial charge in [0.2, 0.25) is 0 Å². The summed E-state index contributed by atoms with van der Waals surface area (Å²) in [7, 11) is 0. The highest BCUT2D eigenvalue weighted by Crippen LogP contribution is 2.30. The summed E-state index contributed by atoms with van der Waals surface area (Å²) in [5.41, 5.74) is -1.38. The van der Waals surface area contributed by atoms with E-state index >= 15 is 0 Å². The summed E-state index contributed by atoms with van der Waals surface area (Å²) in [5.74, 6) is -0.190. The van der Waals surface area contributed by atoms with Crippen LogP contribution in [0.1, 0.15) is 52.9 Å². The van der Waals surface area contributed by atoms with Gasteiger partial charge in [0, 0.05) is 0 Å². The molecule has 0 aromatic carbocycles. The number of halogens is 1. The second-order valence-corrected chi connectivity index (χ2v) is 6.09. The van der Waals surface area contributed by atoms with E-state index in [-0.39, 0.29) is 11.7 Å². The molecule has 0 spiro atoms. The first kappa shape index (κ1) is 15.3. The van der Waals surface area contributed by atoms with E-state index in [0.29, 0.717) is 12.8 Å². The van der Waals surface area contributed by atoms with Gasteiger partial charge in [-0.2, -0.15) is 0 Å². The number of alkyl halides is 1. The van der Waals surface area contributed by atoms with Crippen LogP contribution in [-0.2, 0) is 9.53 Å². The monoisotopic (exact) mass is 275 g/mol. The van der Waals surface area contributed by atoms with Crippen LogP contribution < -0.4 is 5.32 Å². The van der Waals surface area contributed by atoms with Crippen molar-refractivity contribution >= 4 is 23.5 Å². The van der Waals surface area contributed by atoms with E-state index in [9.17, 15) is 9.59 Å². The van der Waals surface area contributed by atoms with Gasteiger partial charge in [0.1, 0.15) is 11.1 Å². The Labute approximate surface area is 113 Å². The molecule has 0 atom stereocenters. The van der Waals surface area contributed by atoms with Crippen molar-refractivity contribution < 1.29 is 14.3 Å². The van der Waals surface area contributed by atoms with E-state index < -0.39 is 17.2 Å². The molecule has 0 aliphatic heterocycles. The van der Waals surface area contributed by atoms with Crippen molar-refractivity contribution in [3.63, 3.8) is 0 Å². The second-order valence-electron chi connectivity index (χ2n) is 5.83. The fourth-order valence-corrected chi connectivity index (χ4v) is 2.51. The van der Waals surface area contributed by atoms with E-state index in [4.69, 9.17) is 16.3 Å². The Kier molecular flexibility index (Phi) is 5.02. The van der Waals surface area contributed by atoms with Crippen LogP contribution in [-0.4, -0.2) is 28.9 Å². The third-order valence-electron chi connectivity index (χ3n) is 3.10. The largest absolute Gasteiger partial charge is 0.444 e. The van der Waals surface area contributed by atoms with E-state index in [1.54, 1.807) is 20.8 Å². The number of amides is 1. The molecule has 1 fully saturated rings. The lowest BCUT2D eigenvalue weighted by molar-refractivity contribution is -0.124. The first-order valence-electron chi connectivity index (χ1n) is 6.39. The summed E-state index contributed by atoms with van der Waals surface area (Å²) in [6, 6.07) is 0. The number of hydrogen-bond donors (Lipinski definition) is 1. The third-order valence-corrected chi connectivity index (χ3v) is 3.35. The minimum absolute atomic E-state index is 0.0736. The summed E-state index contributed by atoms with van der Waals surface area (Å²) in [4.78, 5) is 23.8. The Morgan fingerprint density at radius 2 is 1.78 bits per heavy atom. The van der Waals surface area contributed by atoms with Crippen molar-refractivity contribution in [2.24, 2.45) is 0 Å². The van der Waals surface area contributed by atoms with Crippen LogP contribution in [0, 0.1) is 0 Å². The Hall–Kier alpha value is -0.770. The summed E-state index contributed by atoms with van der Waals surface area (Å²) < 4.78 is 5.21. The van der Waals surface area contributed by atoms with Crippen LogP contribution in [0.5, 0.6) is 0 Å². The molecular weight excluding hydrogens is 254 g/mol. The van der Waals surface area contributed by atoms with E-state index in [1.807, 2.05) is 0 Å². The fraction of sp³-hybridized carbons (Fsp3) is 0.846. The predicted octanol–water partition coefficient (Wildman–Crippen LogP) is 3.02. The average molecular weight is 276 g/mol. The van der Waals surface area contributed by atoms with Crippen LogP contribution >= 0.6 is 11.6 Å². The normalized spacial score (nSPS) is 19.1. The first-order valence-corrected chi connectivity index (χ1v) is 6.93. The molecule has 0 bridgehead atoms. The third kappa shape index (κ3) is 4.16. The van der Waals surface area contributed by atoms with E-state index in [2.05, 4.69) is 5.32 Å². The highest BCUT2D eigenvalue weighted by atomic mass is 35.5. The summed E-state index contributed by atoms with van der Waals surface area (Å²) in [5, 5.41) is 2.74. The van der Waals surface area contributed by atoms with Crippen molar-refractivity contribution in [1.82, 2.24) is 5.32 Å². The van der Waals surface area contributed by atoms with Crippen molar-refractivity contribution in [3.05, 3.63) is 0 Å². The Balaban J connectivity index is 2.73. The average Bonchev–Trinajstić information content (AvgIpc) is 2.26. The molecule has 0 aromatic heterocycles. The van der Waals surface area contributed by atoms with E-state index in [1.165, 1.54) is 0 Å². The minimum atomic E-state index is -0.817. The maximum atomic E-state index is 12.0. The Morgan fingerprint density at radius 3 is 2.22 bits per heavy atom. The SMILES string of the molecule is CC(C)(C)OC(=O)NC1(C(=O)CCl)CCCCC1. The number of alkyl carbamates (subject to hydrolysis) is 1. The van der Waals surface area contributed by atoms with Crippen molar-refractivity contribution in [1.29, 1.82) is 0 Å². The number of carbonyl (C=O) groups is 2. The molecular formula is C13H22ClNO3. The highest BCUT2D eigenvalue weighted by Gasteiger charge is 2.40. The second kappa shape index (κ2) is 5.91. The summed E-state index contributed by atoms with van der Waals surface area (Å²) in [6.07, 6.45) is 3.71. The molecule has 0 radical (unpaired) electrons. The van der Waals surface area contributed by atoms with Gasteiger partial charge in [0.25, 0.3) is 0 Å². The molecule has 5 heteroatoms. The number of Topliss-reactive ketones (excluding diaryl/α,β-unsaturated/α-hetero) is 1.